The molecule has 138 valence electrons. The van der Waals surface area contributed by atoms with Crippen molar-refractivity contribution < 1.29 is 14.3 Å². The van der Waals surface area contributed by atoms with Crippen LogP contribution in [-0.4, -0.2) is 38.9 Å². The second-order valence-electron chi connectivity index (χ2n) is 6.08. The van der Waals surface area contributed by atoms with Crippen LogP contribution in [0.4, 0.5) is 5.95 Å². The third kappa shape index (κ3) is 3.44. The Morgan fingerprint density at radius 2 is 2.19 bits per heavy atom. The maximum atomic E-state index is 12.8. The van der Waals surface area contributed by atoms with Crippen molar-refractivity contribution in [1.29, 1.82) is 0 Å². The summed E-state index contributed by atoms with van der Waals surface area (Å²) in [5.74, 6) is 0.696. The number of nitrogens with one attached hydrogen (secondary N) is 1. The van der Waals surface area contributed by atoms with Gasteiger partial charge in [0, 0.05) is 15.7 Å². The number of ether oxygens (including phenoxy) is 2. The number of fused-ring (bicyclic) bond motifs is 1. The van der Waals surface area contributed by atoms with Crippen LogP contribution in [0, 0.1) is 0 Å². The molecule has 0 spiro atoms. The van der Waals surface area contributed by atoms with Crippen molar-refractivity contribution in [2.45, 2.75) is 39.8 Å². The summed E-state index contributed by atoms with van der Waals surface area (Å²) in [6.45, 7) is 7.83. The summed E-state index contributed by atoms with van der Waals surface area (Å²) in [6.07, 6.45) is -0.243. The Kier molecular flexibility index (Phi) is 5.26. The van der Waals surface area contributed by atoms with E-state index in [4.69, 9.17) is 9.47 Å². The fraction of sp³-hybridized carbons (Fsp3) is 0.412. The number of rotatable bonds is 5. The molecular weight excluding hydrogens is 402 g/mol. The maximum Gasteiger partial charge on any atom is 0.338 e. The van der Waals surface area contributed by atoms with E-state index in [1.807, 2.05) is 39.0 Å². The molecule has 0 amide bonds. The first-order valence-electron chi connectivity index (χ1n) is 8.31. The minimum atomic E-state index is -0.563. The van der Waals surface area contributed by atoms with Gasteiger partial charge in [0.2, 0.25) is 5.95 Å². The molecule has 2 heterocycles. The fourth-order valence-corrected chi connectivity index (χ4v) is 3.24. The highest BCUT2D eigenvalue weighted by molar-refractivity contribution is 9.10. The van der Waals surface area contributed by atoms with Crippen LogP contribution in [0.15, 0.2) is 33.9 Å². The first-order chi connectivity index (χ1) is 12.4. The number of hydrogen-bond donors (Lipinski definition) is 1. The predicted octanol–water partition coefficient (Wildman–Crippen LogP) is 3.07. The standard InChI is InChI=1S/C17H20BrN5O3/c1-5-25-13-7-6-11(18)8-12(13)15-14(16(24)26-9(2)3)10(4)19-17-20-21-22-23(15)17/h6-9,15H,5H2,1-4H3,(H,19,20,22)/t15-/m0/s1. The molecule has 1 aliphatic heterocycles. The lowest BCUT2D eigenvalue weighted by Gasteiger charge is -2.29. The van der Waals surface area contributed by atoms with Gasteiger partial charge in [-0.2, -0.15) is 4.68 Å². The van der Waals surface area contributed by atoms with Crippen LogP contribution < -0.4 is 10.1 Å². The van der Waals surface area contributed by atoms with Gasteiger partial charge in [-0.3, -0.25) is 0 Å². The summed E-state index contributed by atoms with van der Waals surface area (Å²) in [5, 5.41) is 14.9. The summed E-state index contributed by atoms with van der Waals surface area (Å²) in [4.78, 5) is 12.8. The topological polar surface area (TPSA) is 91.2 Å². The van der Waals surface area contributed by atoms with Gasteiger partial charge in [0.1, 0.15) is 11.8 Å². The first kappa shape index (κ1) is 18.4. The molecule has 1 atom stereocenters. The van der Waals surface area contributed by atoms with Crippen LogP contribution in [0.25, 0.3) is 0 Å². The average molecular weight is 422 g/mol. The summed E-state index contributed by atoms with van der Waals surface area (Å²) in [6, 6.07) is 5.09. The normalized spacial score (nSPS) is 16.3. The van der Waals surface area contributed by atoms with E-state index < -0.39 is 12.0 Å². The van der Waals surface area contributed by atoms with Crippen molar-refractivity contribution in [3.63, 3.8) is 0 Å². The van der Waals surface area contributed by atoms with Gasteiger partial charge in [-0.25, -0.2) is 4.79 Å². The molecule has 8 nitrogen and oxygen atoms in total. The summed E-state index contributed by atoms with van der Waals surface area (Å²) in [5.41, 5.74) is 1.86. The van der Waals surface area contributed by atoms with Gasteiger partial charge in [0.05, 0.1) is 18.3 Å². The molecule has 2 aromatic rings. The Balaban J connectivity index is 2.18. The van der Waals surface area contributed by atoms with Gasteiger partial charge >= 0.3 is 5.97 Å². The number of anilines is 1. The summed E-state index contributed by atoms with van der Waals surface area (Å²) >= 11 is 3.49. The molecule has 0 saturated carbocycles. The molecule has 0 fully saturated rings. The molecule has 0 bridgehead atoms. The van der Waals surface area contributed by atoms with Crippen molar-refractivity contribution in [2.24, 2.45) is 0 Å². The van der Waals surface area contributed by atoms with E-state index in [2.05, 4.69) is 36.8 Å². The molecule has 9 heteroatoms. The van der Waals surface area contributed by atoms with Crippen LogP contribution in [0.2, 0.25) is 0 Å². The van der Waals surface area contributed by atoms with Crippen LogP contribution in [-0.2, 0) is 9.53 Å². The number of tetrazole rings is 1. The van der Waals surface area contributed by atoms with Gasteiger partial charge in [-0.15, -0.1) is 0 Å². The quantitative estimate of drug-likeness (QED) is 0.741. The largest absolute Gasteiger partial charge is 0.494 e. The van der Waals surface area contributed by atoms with Crippen LogP contribution in [0.5, 0.6) is 5.75 Å². The van der Waals surface area contributed by atoms with Crippen molar-refractivity contribution in [2.75, 3.05) is 11.9 Å². The Morgan fingerprint density at radius 3 is 2.88 bits per heavy atom. The Morgan fingerprint density at radius 1 is 1.42 bits per heavy atom. The molecule has 26 heavy (non-hydrogen) atoms. The number of nitrogens with zero attached hydrogens (tertiary/aromatic N) is 4. The fourth-order valence-electron chi connectivity index (χ4n) is 2.86. The number of halogens is 1. The van der Waals surface area contributed by atoms with Gasteiger partial charge in [-0.1, -0.05) is 21.0 Å². The Bertz CT molecular complexity index is 862. The van der Waals surface area contributed by atoms with Crippen molar-refractivity contribution in [1.82, 2.24) is 20.2 Å². The lowest BCUT2D eigenvalue weighted by atomic mass is 9.95. The van der Waals surface area contributed by atoms with E-state index in [1.165, 1.54) is 0 Å². The molecule has 0 aliphatic carbocycles. The average Bonchev–Trinajstić information content (AvgIpc) is 3.02. The number of allylic oxidation sites excluding steroid dienone is 1. The number of hydrogen-bond acceptors (Lipinski definition) is 7. The molecule has 1 aromatic heterocycles. The predicted molar refractivity (Wildman–Crippen MR) is 98.8 cm³/mol. The minimum absolute atomic E-state index is 0.243. The minimum Gasteiger partial charge on any atom is -0.494 e. The molecule has 1 N–H and O–H groups in total. The number of esters is 1. The van der Waals surface area contributed by atoms with Crippen molar-refractivity contribution in [3.05, 3.63) is 39.5 Å². The van der Waals surface area contributed by atoms with Crippen molar-refractivity contribution >= 4 is 27.8 Å². The molecule has 0 saturated heterocycles. The molecule has 1 aliphatic rings. The second kappa shape index (κ2) is 7.45. The zero-order valence-corrected chi connectivity index (χ0v) is 16.6. The zero-order valence-electron chi connectivity index (χ0n) is 15.0. The number of carbonyl (C=O) groups excluding carboxylic acids is 1. The first-order valence-corrected chi connectivity index (χ1v) is 9.10. The highest BCUT2D eigenvalue weighted by Crippen LogP contribution is 2.40. The number of benzene rings is 1. The lowest BCUT2D eigenvalue weighted by molar-refractivity contribution is -0.143. The zero-order chi connectivity index (χ0) is 18.8. The SMILES string of the molecule is CCOc1ccc(Br)cc1[C@H]1C(C(=O)OC(C)C)=C(C)Nc2nnnn21. The third-order valence-electron chi connectivity index (χ3n) is 3.84. The third-order valence-corrected chi connectivity index (χ3v) is 4.34. The second-order valence-corrected chi connectivity index (χ2v) is 7.00. The van der Waals surface area contributed by atoms with E-state index in [9.17, 15) is 4.79 Å². The highest BCUT2D eigenvalue weighted by atomic mass is 79.9. The Hall–Kier alpha value is -2.42. The number of aromatic nitrogens is 4. The van der Waals surface area contributed by atoms with E-state index in [0.717, 1.165) is 10.0 Å². The number of carbonyl (C=O) groups is 1. The molecule has 0 unspecified atom stereocenters. The molecule has 1 aromatic carbocycles. The molecular formula is C17H20BrN5O3. The van der Waals surface area contributed by atoms with Gasteiger partial charge in [-0.05, 0) is 56.3 Å². The summed E-state index contributed by atoms with van der Waals surface area (Å²) in [7, 11) is 0. The molecule has 3 rings (SSSR count). The lowest BCUT2D eigenvalue weighted by Crippen LogP contribution is -2.31. The van der Waals surface area contributed by atoms with E-state index in [1.54, 1.807) is 11.6 Å². The van der Waals surface area contributed by atoms with Crippen molar-refractivity contribution in [3.8, 4) is 5.75 Å². The highest BCUT2D eigenvalue weighted by Gasteiger charge is 2.37. The van der Waals surface area contributed by atoms with Gasteiger partial charge in [0.25, 0.3) is 0 Å². The van der Waals surface area contributed by atoms with E-state index in [-0.39, 0.29) is 6.10 Å². The van der Waals surface area contributed by atoms with E-state index >= 15 is 0 Å². The van der Waals surface area contributed by atoms with Gasteiger partial charge in [0.15, 0.2) is 0 Å². The molecule has 0 radical (unpaired) electrons. The van der Waals surface area contributed by atoms with Crippen LogP contribution in [0.1, 0.15) is 39.3 Å². The monoisotopic (exact) mass is 421 g/mol. The smallest absolute Gasteiger partial charge is 0.338 e. The van der Waals surface area contributed by atoms with Gasteiger partial charge < -0.3 is 14.8 Å². The van der Waals surface area contributed by atoms with Crippen LogP contribution >= 0.6 is 15.9 Å². The summed E-state index contributed by atoms with van der Waals surface area (Å²) < 4.78 is 13.7. The van der Waals surface area contributed by atoms with E-state index in [0.29, 0.717) is 29.6 Å². The Labute approximate surface area is 159 Å². The maximum absolute atomic E-state index is 12.8. The van der Waals surface area contributed by atoms with Crippen LogP contribution in [0.3, 0.4) is 0 Å².